The third-order valence-corrected chi connectivity index (χ3v) is 19.3. The van der Waals surface area contributed by atoms with Gasteiger partial charge in [0.15, 0.2) is 18.4 Å². The van der Waals surface area contributed by atoms with Crippen molar-refractivity contribution in [3.8, 4) is 0 Å². The van der Waals surface area contributed by atoms with Crippen molar-refractivity contribution >= 4 is 5.97 Å². The lowest BCUT2D eigenvalue weighted by atomic mass is 9.47. The Morgan fingerprint density at radius 3 is 2.10 bits per heavy atom. The molecule has 390 valence electrons. The van der Waals surface area contributed by atoms with Crippen LogP contribution in [0.3, 0.4) is 0 Å². The number of hydrogen-bond acceptors (Lipinski definition) is 13. The van der Waals surface area contributed by atoms with Gasteiger partial charge in [-0.1, -0.05) is 123 Å². The summed E-state index contributed by atoms with van der Waals surface area (Å²) in [6.45, 7) is 14.0. The molecule has 0 aromatic carbocycles. The van der Waals surface area contributed by atoms with Crippen LogP contribution < -0.4 is 0 Å². The number of ether oxygens (including phenoxy) is 7. The Morgan fingerprint density at radius 2 is 1.43 bits per heavy atom. The van der Waals surface area contributed by atoms with Crippen molar-refractivity contribution in [1.29, 1.82) is 0 Å². The van der Waals surface area contributed by atoms with E-state index in [1.54, 1.807) is 6.92 Å². The molecule has 4 heterocycles. The third-order valence-electron chi connectivity index (χ3n) is 19.3. The topological polar surface area (TPSA) is 183 Å². The summed E-state index contributed by atoms with van der Waals surface area (Å²) < 4.78 is 44.3. The maximum Gasteiger partial charge on any atom is 0.305 e. The minimum atomic E-state index is -1.64. The third kappa shape index (κ3) is 11.0. The predicted octanol–water partition coefficient (Wildman–Crippen LogP) is 8.42. The van der Waals surface area contributed by atoms with Crippen LogP contribution >= 0.6 is 0 Å². The van der Waals surface area contributed by atoms with Crippen LogP contribution in [-0.4, -0.2) is 124 Å². The van der Waals surface area contributed by atoms with Crippen LogP contribution in [0.2, 0.25) is 0 Å². The summed E-state index contributed by atoms with van der Waals surface area (Å²) in [7, 11) is 0. The van der Waals surface area contributed by atoms with Crippen molar-refractivity contribution in [3.05, 3.63) is 11.6 Å². The molecule has 0 unspecified atom stereocenters. The zero-order chi connectivity index (χ0) is 48.4. The Hall–Kier alpha value is -1.23. The molecular formula is C55H92O13. The van der Waals surface area contributed by atoms with Gasteiger partial charge in [0.25, 0.3) is 0 Å². The number of aliphatic hydroxyl groups excluding tert-OH is 5. The van der Waals surface area contributed by atoms with Crippen molar-refractivity contribution in [1.82, 2.24) is 0 Å². The van der Waals surface area contributed by atoms with Crippen molar-refractivity contribution in [3.63, 3.8) is 0 Å². The normalized spacial score (nSPS) is 46.7. The molecule has 8 rings (SSSR count). The Bertz CT molecular complexity index is 1650. The molecule has 0 amide bonds. The largest absolute Gasteiger partial charge is 0.463 e. The molecule has 68 heavy (non-hydrogen) atoms. The first-order valence-corrected chi connectivity index (χ1v) is 27.8. The van der Waals surface area contributed by atoms with E-state index in [1.807, 2.05) is 0 Å². The highest BCUT2D eigenvalue weighted by Crippen LogP contribution is 2.70. The summed E-state index contributed by atoms with van der Waals surface area (Å²) in [5, 5.41) is 54.9. The minimum Gasteiger partial charge on any atom is -0.463 e. The number of carbonyl (C=O) groups excluding carboxylic acids is 1. The molecule has 4 aliphatic carbocycles. The molecule has 3 saturated carbocycles. The van der Waals surface area contributed by atoms with Gasteiger partial charge in [0.1, 0.15) is 49.3 Å². The van der Waals surface area contributed by atoms with E-state index in [4.69, 9.17) is 33.2 Å². The fourth-order valence-corrected chi connectivity index (χ4v) is 15.1. The number of hydrogen-bond donors (Lipinski definition) is 5. The summed E-state index contributed by atoms with van der Waals surface area (Å²) in [5.74, 6) is 2.42. The molecule has 1 spiro atoms. The first-order chi connectivity index (χ1) is 32.6. The number of rotatable bonds is 20. The smallest absolute Gasteiger partial charge is 0.305 e. The van der Waals surface area contributed by atoms with Gasteiger partial charge in [-0.3, -0.25) is 4.79 Å². The van der Waals surface area contributed by atoms with Crippen LogP contribution in [0, 0.1) is 46.3 Å². The van der Waals surface area contributed by atoms with Gasteiger partial charge in [0.2, 0.25) is 0 Å². The van der Waals surface area contributed by atoms with Gasteiger partial charge < -0.3 is 58.7 Å². The lowest BCUT2D eigenvalue weighted by molar-refractivity contribution is -0.369. The molecule has 0 aromatic heterocycles. The van der Waals surface area contributed by atoms with E-state index in [-0.39, 0.29) is 42.0 Å². The molecule has 21 atom stereocenters. The number of unbranched alkanes of at least 4 members (excludes halogenated alkanes) is 12. The van der Waals surface area contributed by atoms with Gasteiger partial charge in [-0.15, -0.1) is 0 Å². The van der Waals surface area contributed by atoms with E-state index < -0.39 is 67.2 Å². The number of fused-ring (bicyclic) bond motifs is 7. The second-order valence-electron chi connectivity index (χ2n) is 23.8. The number of carbonyl (C=O) groups is 1. The van der Waals surface area contributed by atoms with Crippen molar-refractivity contribution in [2.45, 2.75) is 269 Å². The first kappa shape index (κ1) is 53.1. The van der Waals surface area contributed by atoms with Gasteiger partial charge >= 0.3 is 5.97 Å². The fraction of sp³-hybridized carbons (Fsp3) is 0.945. The second kappa shape index (κ2) is 22.9. The highest BCUT2D eigenvalue weighted by Gasteiger charge is 2.69. The van der Waals surface area contributed by atoms with E-state index in [9.17, 15) is 30.3 Å². The molecule has 13 nitrogen and oxygen atoms in total. The maximum atomic E-state index is 12.9. The SMILES string of the molecule is CCCCCCCCCCCCCCCC(=O)OC[C@H]1O[C@@H](O[C@H]2CC[C@@]3(C)C(=CC[C@H]4[C@@H]5C[C@@H]6O[C@]7(CC[C@@H](C)CO7)[C@@H](C)[C@@H]6[C@@]5(C)CC[C@@H]43)C2)[C@H](O[C@@H]2O[C@@H](C)[C@H](O)[C@@H](O)[C@H]2O)[C@@H](O)[C@@H]1O. The van der Waals surface area contributed by atoms with E-state index in [1.165, 1.54) is 82.6 Å². The van der Waals surface area contributed by atoms with E-state index in [2.05, 4.69) is 40.7 Å². The van der Waals surface area contributed by atoms with Crippen LogP contribution in [0.5, 0.6) is 0 Å². The molecule has 0 aromatic rings. The highest BCUT2D eigenvalue weighted by atomic mass is 16.8. The molecule has 13 heteroatoms. The minimum absolute atomic E-state index is 0.0221. The lowest BCUT2D eigenvalue weighted by Gasteiger charge is -2.58. The summed E-state index contributed by atoms with van der Waals surface area (Å²) in [4.78, 5) is 12.9. The van der Waals surface area contributed by atoms with Gasteiger partial charge in [0.05, 0.1) is 24.9 Å². The average molecular weight is 961 g/mol. The zero-order valence-electron chi connectivity index (χ0n) is 42.6. The summed E-state index contributed by atoms with van der Waals surface area (Å²) in [6, 6.07) is 0. The van der Waals surface area contributed by atoms with Crippen LogP contribution in [-0.2, 0) is 38.0 Å². The van der Waals surface area contributed by atoms with Gasteiger partial charge in [-0.2, -0.15) is 0 Å². The molecule has 5 N–H and O–H groups in total. The number of aliphatic hydroxyl groups is 5. The van der Waals surface area contributed by atoms with Crippen LogP contribution in [0.4, 0.5) is 0 Å². The van der Waals surface area contributed by atoms with Crippen LogP contribution in [0.1, 0.15) is 189 Å². The predicted molar refractivity (Wildman–Crippen MR) is 256 cm³/mol. The molecule has 0 bridgehead atoms. The Balaban J connectivity index is 0.864. The molecule has 4 saturated heterocycles. The maximum absolute atomic E-state index is 12.9. The Kier molecular flexibility index (Phi) is 17.9. The first-order valence-electron chi connectivity index (χ1n) is 27.8. The average Bonchev–Trinajstić information content (AvgIpc) is 3.77. The van der Waals surface area contributed by atoms with Crippen molar-refractivity contribution < 1.29 is 63.5 Å². The fourth-order valence-electron chi connectivity index (χ4n) is 15.1. The lowest BCUT2D eigenvalue weighted by Crippen LogP contribution is -2.64. The molecule has 0 radical (unpaired) electrons. The van der Waals surface area contributed by atoms with E-state index >= 15 is 0 Å². The standard InChI is InChI=1S/C55H92O13/c1-7-8-9-10-11-12-13-14-15-16-17-18-19-20-43(56)62-32-42-46(58)48(60)50(67-51-49(61)47(59)45(57)35(4)64-51)52(66-42)65-37-24-26-53(5)36(29-37)21-22-38-39(53)25-27-54(6)40(38)30-41-44(54)34(3)55(68-41)28-23-33(2)31-63-55/h21,33-35,37-42,44-52,57-61H,7-20,22-32H2,1-6H3/t33-,34+,35+,37+,38-,39+,40+,41+,42-,44+,45+,46-,47-,48+,49-,50-,51+,52-,53+,54+,55-/m1/s1. The van der Waals surface area contributed by atoms with Gasteiger partial charge in [0, 0.05) is 18.8 Å². The Labute approximate surface area is 408 Å². The summed E-state index contributed by atoms with van der Waals surface area (Å²) in [5.41, 5.74) is 1.64. The number of allylic oxidation sites excluding steroid dienone is 1. The van der Waals surface area contributed by atoms with Crippen LogP contribution in [0.25, 0.3) is 0 Å². The molecule has 7 fully saturated rings. The summed E-state index contributed by atoms with van der Waals surface area (Å²) >= 11 is 0. The quantitative estimate of drug-likeness (QED) is 0.0446. The molecule has 8 aliphatic rings. The monoisotopic (exact) mass is 961 g/mol. The second-order valence-corrected chi connectivity index (χ2v) is 23.8. The van der Waals surface area contributed by atoms with E-state index in [0.29, 0.717) is 41.9 Å². The van der Waals surface area contributed by atoms with Crippen LogP contribution in [0.15, 0.2) is 11.6 Å². The van der Waals surface area contributed by atoms with Gasteiger partial charge in [-0.05, 0) is 105 Å². The summed E-state index contributed by atoms with van der Waals surface area (Å²) in [6.07, 6.45) is 13.9. The number of esters is 1. The van der Waals surface area contributed by atoms with Crippen molar-refractivity contribution in [2.75, 3.05) is 13.2 Å². The Morgan fingerprint density at radius 1 is 0.735 bits per heavy atom. The molecular weight excluding hydrogens is 869 g/mol. The highest BCUT2D eigenvalue weighted by molar-refractivity contribution is 5.69. The molecule has 4 aliphatic heterocycles. The zero-order valence-corrected chi connectivity index (χ0v) is 42.6. The van der Waals surface area contributed by atoms with Gasteiger partial charge in [-0.25, -0.2) is 0 Å². The van der Waals surface area contributed by atoms with E-state index in [0.717, 1.165) is 64.4 Å². The van der Waals surface area contributed by atoms with Crippen molar-refractivity contribution in [2.24, 2.45) is 46.3 Å².